The van der Waals surface area contributed by atoms with E-state index in [2.05, 4.69) is 14.7 Å². The molecule has 174 valence electrons. The number of rotatable bonds is 7. The van der Waals surface area contributed by atoms with E-state index in [1.807, 2.05) is 4.90 Å². The van der Waals surface area contributed by atoms with Gasteiger partial charge in [-0.3, -0.25) is 10.0 Å². The highest BCUT2D eigenvalue weighted by molar-refractivity contribution is 7.89. The Hall–Kier alpha value is -2.97. The van der Waals surface area contributed by atoms with Crippen molar-refractivity contribution in [3.63, 3.8) is 0 Å². The second-order valence-electron chi connectivity index (χ2n) is 7.12. The van der Waals surface area contributed by atoms with E-state index in [9.17, 15) is 26.4 Å². The molecule has 1 aliphatic heterocycles. The first-order valence-corrected chi connectivity index (χ1v) is 10.8. The van der Waals surface area contributed by atoms with Gasteiger partial charge in [0.2, 0.25) is 16.0 Å². The van der Waals surface area contributed by atoms with Gasteiger partial charge in [-0.05, 0) is 36.6 Å². The van der Waals surface area contributed by atoms with Crippen molar-refractivity contribution < 1.29 is 36.3 Å². The number of aromatic nitrogens is 2. The van der Waals surface area contributed by atoms with Crippen LogP contribution in [0.5, 0.6) is 5.75 Å². The average molecular weight is 475 g/mol. The van der Waals surface area contributed by atoms with Gasteiger partial charge in [0.25, 0.3) is 5.91 Å². The van der Waals surface area contributed by atoms with Gasteiger partial charge in [0, 0.05) is 39.1 Å². The number of nitrogens with zero attached hydrogens (tertiary/aromatic N) is 4. The molecule has 1 unspecified atom stereocenters. The molecule has 1 aromatic heterocycles. The second-order valence-corrected chi connectivity index (χ2v) is 9.16. The summed E-state index contributed by atoms with van der Waals surface area (Å²) in [5.74, 6) is -0.909. The Morgan fingerprint density at radius 3 is 2.47 bits per heavy atom. The van der Waals surface area contributed by atoms with Crippen molar-refractivity contribution in [2.24, 2.45) is 5.92 Å². The smallest absolute Gasteiger partial charge is 0.406 e. The third-order valence-corrected chi connectivity index (χ3v) is 6.69. The zero-order valence-electron chi connectivity index (χ0n) is 16.8. The zero-order chi connectivity index (χ0) is 23.5. The summed E-state index contributed by atoms with van der Waals surface area (Å²) in [6.07, 6.45) is -1.66. The van der Waals surface area contributed by atoms with Crippen molar-refractivity contribution in [3.8, 4) is 5.75 Å². The van der Waals surface area contributed by atoms with Crippen LogP contribution in [0.4, 0.5) is 19.1 Å². The second kappa shape index (κ2) is 9.26. The molecule has 1 amide bonds. The Morgan fingerprint density at radius 1 is 1.28 bits per heavy atom. The van der Waals surface area contributed by atoms with Gasteiger partial charge in [0.1, 0.15) is 5.75 Å². The highest BCUT2D eigenvalue weighted by atomic mass is 32.2. The maximum atomic E-state index is 12.8. The van der Waals surface area contributed by atoms with Gasteiger partial charge >= 0.3 is 6.36 Å². The largest absolute Gasteiger partial charge is 0.573 e. The summed E-state index contributed by atoms with van der Waals surface area (Å²) in [5, 5.41) is 8.62. The lowest BCUT2D eigenvalue weighted by Gasteiger charge is -2.22. The van der Waals surface area contributed by atoms with Crippen LogP contribution in [0, 0.1) is 5.92 Å². The number of benzene rings is 1. The standard InChI is InChI=1S/C18H20F3N5O5S/c1-25(32(29,30)15-4-2-14(3-5-15)31-18(19,20)21)10-12-6-7-26(11-12)17-22-8-13(9-23-17)16(27)24-28/h2-5,8-9,12,28H,6-7,10-11H2,1H3,(H,24,27). The molecular weight excluding hydrogens is 455 g/mol. The van der Waals surface area contributed by atoms with Crippen LogP contribution in [0.15, 0.2) is 41.6 Å². The SMILES string of the molecule is CN(CC1CCN(c2ncc(C(=O)NO)cn2)C1)S(=O)(=O)c1ccc(OC(F)(F)F)cc1. The number of hydrogen-bond donors (Lipinski definition) is 2. The topological polar surface area (TPSA) is 125 Å². The van der Waals surface area contributed by atoms with Crippen LogP contribution in [0.25, 0.3) is 0 Å². The predicted molar refractivity (Wildman–Crippen MR) is 105 cm³/mol. The lowest BCUT2D eigenvalue weighted by Crippen LogP contribution is -2.33. The number of ether oxygens (including phenoxy) is 1. The monoisotopic (exact) mass is 475 g/mol. The zero-order valence-corrected chi connectivity index (χ0v) is 17.6. The Bertz CT molecular complexity index is 1050. The summed E-state index contributed by atoms with van der Waals surface area (Å²) < 4.78 is 67.2. The fourth-order valence-corrected chi connectivity index (χ4v) is 4.53. The molecule has 1 atom stereocenters. The van der Waals surface area contributed by atoms with Crippen LogP contribution in [0.1, 0.15) is 16.8 Å². The highest BCUT2D eigenvalue weighted by Crippen LogP contribution is 2.26. The van der Waals surface area contributed by atoms with Crippen molar-refractivity contribution >= 4 is 21.9 Å². The van der Waals surface area contributed by atoms with E-state index < -0.39 is 28.0 Å². The Kier molecular flexibility index (Phi) is 6.85. The van der Waals surface area contributed by atoms with Crippen LogP contribution >= 0.6 is 0 Å². The molecule has 2 heterocycles. The first-order valence-electron chi connectivity index (χ1n) is 9.33. The third kappa shape index (κ3) is 5.63. The van der Waals surface area contributed by atoms with E-state index in [1.54, 1.807) is 0 Å². The molecule has 1 fully saturated rings. The summed E-state index contributed by atoms with van der Waals surface area (Å²) in [4.78, 5) is 21.2. The molecule has 32 heavy (non-hydrogen) atoms. The van der Waals surface area contributed by atoms with Crippen molar-refractivity contribution in [1.29, 1.82) is 0 Å². The number of nitrogens with one attached hydrogen (secondary N) is 1. The number of hydroxylamine groups is 1. The van der Waals surface area contributed by atoms with Crippen molar-refractivity contribution in [2.75, 3.05) is 31.6 Å². The summed E-state index contributed by atoms with van der Waals surface area (Å²) in [6, 6.07) is 4.02. The predicted octanol–water partition coefficient (Wildman–Crippen LogP) is 1.64. The lowest BCUT2D eigenvalue weighted by molar-refractivity contribution is -0.274. The molecule has 14 heteroatoms. The molecule has 1 saturated heterocycles. The van der Waals surface area contributed by atoms with E-state index in [-0.39, 0.29) is 22.9 Å². The summed E-state index contributed by atoms with van der Waals surface area (Å²) in [6.45, 7) is 1.24. The molecule has 0 aliphatic carbocycles. The van der Waals surface area contributed by atoms with Crippen molar-refractivity contribution in [1.82, 2.24) is 19.8 Å². The van der Waals surface area contributed by atoms with Gasteiger partial charge in [-0.2, -0.15) is 0 Å². The summed E-state index contributed by atoms with van der Waals surface area (Å²) in [7, 11) is -2.51. The number of hydrogen-bond acceptors (Lipinski definition) is 8. The molecule has 0 spiro atoms. The van der Waals surface area contributed by atoms with Gasteiger partial charge in [-0.25, -0.2) is 28.2 Å². The molecule has 10 nitrogen and oxygen atoms in total. The quantitative estimate of drug-likeness (QED) is 0.458. The molecule has 1 aliphatic rings. The van der Waals surface area contributed by atoms with Gasteiger partial charge in [0.15, 0.2) is 0 Å². The molecule has 0 bridgehead atoms. The van der Waals surface area contributed by atoms with Crippen LogP contribution in [0.3, 0.4) is 0 Å². The molecule has 0 saturated carbocycles. The lowest BCUT2D eigenvalue weighted by atomic mass is 10.1. The minimum absolute atomic E-state index is 0.0355. The van der Waals surface area contributed by atoms with E-state index in [0.717, 1.165) is 28.6 Å². The number of halogens is 3. The van der Waals surface area contributed by atoms with Crippen LogP contribution in [0.2, 0.25) is 0 Å². The van der Waals surface area contributed by atoms with E-state index in [0.29, 0.717) is 25.5 Å². The number of anilines is 1. The van der Waals surface area contributed by atoms with Gasteiger partial charge in [-0.1, -0.05) is 0 Å². The Balaban J connectivity index is 1.60. The number of carbonyl (C=O) groups excluding carboxylic acids is 1. The first kappa shape index (κ1) is 23.7. The molecule has 2 N–H and O–H groups in total. The van der Waals surface area contributed by atoms with Gasteiger partial charge < -0.3 is 9.64 Å². The number of amides is 1. The van der Waals surface area contributed by atoms with Crippen molar-refractivity contribution in [2.45, 2.75) is 17.7 Å². The molecule has 3 rings (SSSR count). The van der Waals surface area contributed by atoms with E-state index >= 15 is 0 Å². The van der Waals surface area contributed by atoms with Gasteiger partial charge in [0.05, 0.1) is 10.5 Å². The van der Waals surface area contributed by atoms with Crippen LogP contribution in [-0.4, -0.2) is 66.8 Å². The molecule has 1 aromatic carbocycles. The average Bonchev–Trinajstić information content (AvgIpc) is 3.21. The number of alkyl halides is 3. The van der Waals surface area contributed by atoms with Crippen LogP contribution < -0.4 is 15.1 Å². The highest BCUT2D eigenvalue weighted by Gasteiger charge is 2.32. The summed E-state index contributed by atoms with van der Waals surface area (Å²) >= 11 is 0. The van der Waals surface area contributed by atoms with Crippen LogP contribution in [-0.2, 0) is 10.0 Å². The van der Waals surface area contributed by atoms with Gasteiger partial charge in [-0.15, -0.1) is 13.2 Å². The number of sulfonamides is 1. The van der Waals surface area contributed by atoms with Crippen molar-refractivity contribution in [3.05, 3.63) is 42.2 Å². The van der Waals surface area contributed by atoms with E-state index in [4.69, 9.17) is 5.21 Å². The Labute approximate surface area is 181 Å². The maximum absolute atomic E-state index is 12.8. The molecule has 2 aromatic rings. The fraction of sp³-hybridized carbons (Fsp3) is 0.389. The maximum Gasteiger partial charge on any atom is 0.573 e. The molecular formula is C18H20F3N5O5S. The Morgan fingerprint density at radius 2 is 1.91 bits per heavy atom. The third-order valence-electron chi connectivity index (χ3n) is 4.85. The minimum Gasteiger partial charge on any atom is -0.406 e. The first-order chi connectivity index (χ1) is 15.0. The minimum atomic E-state index is -4.86. The normalized spacial score (nSPS) is 16.9. The summed E-state index contributed by atoms with van der Waals surface area (Å²) in [5.41, 5.74) is 1.58. The molecule has 0 radical (unpaired) electrons. The number of carbonyl (C=O) groups is 1. The van der Waals surface area contributed by atoms with E-state index in [1.165, 1.54) is 24.9 Å². The fourth-order valence-electron chi connectivity index (χ4n) is 3.28.